The van der Waals surface area contributed by atoms with Crippen molar-refractivity contribution in [2.75, 3.05) is 0 Å². The van der Waals surface area contributed by atoms with Crippen LogP contribution in [0.3, 0.4) is 0 Å². The van der Waals surface area contributed by atoms with Gasteiger partial charge in [0.25, 0.3) is 0 Å². The first kappa shape index (κ1) is 12.0. The normalized spacial score (nSPS) is 10.9. The van der Waals surface area contributed by atoms with Gasteiger partial charge in [-0.05, 0) is 0 Å². The molecule has 0 saturated carbocycles. The molecule has 90 valence electrons. The van der Waals surface area contributed by atoms with E-state index in [1.165, 1.54) is 0 Å². The highest BCUT2D eigenvalue weighted by atomic mass is 32.1. The minimum absolute atomic E-state index is 0.173. The first-order chi connectivity index (χ1) is 8.47. The number of alkyl halides is 3. The van der Waals surface area contributed by atoms with Gasteiger partial charge >= 0.3 is 6.18 Å². The van der Waals surface area contributed by atoms with Gasteiger partial charge < -0.3 is 0 Å². The Labute approximate surface area is 102 Å². The van der Waals surface area contributed by atoms with Crippen LogP contribution >= 0.6 is 11.3 Å². The highest BCUT2D eigenvalue weighted by Crippen LogP contribution is 2.32. The van der Waals surface area contributed by atoms with Gasteiger partial charge in [0.1, 0.15) is 18.5 Å². The average molecular weight is 270 g/mol. The molecule has 2 aromatic heterocycles. The third-order valence-electron chi connectivity index (χ3n) is 1.84. The maximum Gasteiger partial charge on any atom is 0.445 e. The third kappa shape index (κ3) is 1.89. The Balaban J connectivity index is 2.52. The Morgan fingerprint density at radius 1 is 1.22 bits per heavy atom. The standard InChI is InChI=1S/C8HF3N6S/c9-8(10,11)6-15-16-7(18-6)17-3-14-4(1-12)5(17)2-13/h3H. The molecule has 2 rings (SSSR count). The summed E-state index contributed by atoms with van der Waals surface area (Å²) in [5, 5.41) is 22.5. The molecule has 0 saturated heterocycles. The predicted octanol–water partition coefficient (Wildman–Crippen LogP) is 1.49. The van der Waals surface area contributed by atoms with Crippen LogP contribution in [-0.2, 0) is 6.18 Å². The number of hydrogen-bond donors (Lipinski definition) is 0. The van der Waals surface area contributed by atoms with Crippen molar-refractivity contribution in [1.29, 1.82) is 10.5 Å². The molecule has 10 heteroatoms. The van der Waals surface area contributed by atoms with E-state index in [9.17, 15) is 13.2 Å². The molecular formula is C8HF3N6S. The van der Waals surface area contributed by atoms with Gasteiger partial charge in [-0.25, -0.2) is 4.98 Å². The maximum absolute atomic E-state index is 12.3. The summed E-state index contributed by atoms with van der Waals surface area (Å²) in [5.41, 5.74) is -0.358. The molecule has 0 N–H and O–H groups in total. The molecule has 0 aliphatic heterocycles. The van der Waals surface area contributed by atoms with Crippen LogP contribution < -0.4 is 0 Å². The van der Waals surface area contributed by atoms with Crippen LogP contribution in [0.2, 0.25) is 0 Å². The zero-order valence-corrected chi connectivity index (χ0v) is 9.12. The van der Waals surface area contributed by atoms with E-state index < -0.39 is 11.2 Å². The van der Waals surface area contributed by atoms with Crippen molar-refractivity contribution in [3.8, 4) is 17.3 Å². The molecule has 0 atom stereocenters. The van der Waals surface area contributed by atoms with Crippen molar-refractivity contribution < 1.29 is 13.2 Å². The van der Waals surface area contributed by atoms with E-state index in [2.05, 4.69) is 15.2 Å². The lowest BCUT2D eigenvalue weighted by molar-refractivity contribution is -0.138. The van der Waals surface area contributed by atoms with Gasteiger partial charge in [0, 0.05) is 0 Å². The first-order valence-corrected chi connectivity index (χ1v) is 5.07. The molecule has 0 aliphatic rings. The number of rotatable bonds is 1. The lowest BCUT2D eigenvalue weighted by Gasteiger charge is -1.98. The van der Waals surface area contributed by atoms with E-state index in [1.807, 2.05) is 0 Å². The lowest BCUT2D eigenvalue weighted by Crippen LogP contribution is -2.03. The summed E-state index contributed by atoms with van der Waals surface area (Å²) in [4.78, 5) is 3.59. The van der Waals surface area contributed by atoms with Crippen LogP contribution in [0.1, 0.15) is 16.4 Å². The molecule has 6 nitrogen and oxygen atoms in total. The van der Waals surface area contributed by atoms with Crippen molar-refractivity contribution in [2.24, 2.45) is 0 Å². The van der Waals surface area contributed by atoms with Crippen LogP contribution in [-0.4, -0.2) is 19.7 Å². The number of halogens is 3. The van der Waals surface area contributed by atoms with Crippen molar-refractivity contribution in [3.63, 3.8) is 0 Å². The molecule has 2 aromatic rings. The number of nitrogens with zero attached hydrogens (tertiary/aromatic N) is 6. The minimum Gasteiger partial charge on any atom is -0.263 e. The fourth-order valence-electron chi connectivity index (χ4n) is 1.11. The van der Waals surface area contributed by atoms with Crippen LogP contribution in [0.4, 0.5) is 13.2 Å². The number of aromatic nitrogens is 4. The molecular weight excluding hydrogens is 269 g/mol. The molecule has 0 radical (unpaired) electrons. The number of imidazole rings is 1. The van der Waals surface area contributed by atoms with E-state index in [-0.39, 0.29) is 27.9 Å². The fourth-order valence-corrected chi connectivity index (χ4v) is 1.80. The SMILES string of the molecule is N#Cc1ncn(-c2nnc(C(F)(F)F)s2)c1C#N. The Hall–Kier alpha value is -2.46. The van der Waals surface area contributed by atoms with E-state index in [0.717, 1.165) is 10.9 Å². The Morgan fingerprint density at radius 2 is 1.94 bits per heavy atom. The second-order valence-electron chi connectivity index (χ2n) is 2.92. The van der Waals surface area contributed by atoms with Gasteiger partial charge in [0.15, 0.2) is 11.4 Å². The second kappa shape index (κ2) is 4.09. The van der Waals surface area contributed by atoms with Gasteiger partial charge in [-0.3, -0.25) is 4.57 Å². The van der Waals surface area contributed by atoms with E-state index in [1.54, 1.807) is 12.1 Å². The summed E-state index contributed by atoms with van der Waals surface area (Å²) in [7, 11) is 0. The van der Waals surface area contributed by atoms with Crippen molar-refractivity contribution in [2.45, 2.75) is 6.18 Å². The van der Waals surface area contributed by atoms with Crippen molar-refractivity contribution in [3.05, 3.63) is 22.7 Å². The van der Waals surface area contributed by atoms with E-state index in [0.29, 0.717) is 0 Å². The zero-order chi connectivity index (χ0) is 13.3. The third-order valence-corrected chi connectivity index (χ3v) is 2.81. The zero-order valence-electron chi connectivity index (χ0n) is 8.30. The van der Waals surface area contributed by atoms with Gasteiger partial charge in [0.05, 0.1) is 0 Å². The van der Waals surface area contributed by atoms with Gasteiger partial charge in [-0.15, -0.1) is 10.2 Å². The van der Waals surface area contributed by atoms with Crippen molar-refractivity contribution in [1.82, 2.24) is 19.7 Å². The van der Waals surface area contributed by atoms with Crippen molar-refractivity contribution >= 4 is 11.3 Å². The highest BCUT2D eigenvalue weighted by Gasteiger charge is 2.36. The summed E-state index contributed by atoms with van der Waals surface area (Å²) in [5.74, 6) is 0. The first-order valence-electron chi connectivity index (χ1n) is 4.26. The molecule has 0 bridgehead atoms. The largest absolute Gasteiger partial charge is 0.445 e. The van der Waals surface area contributed by atoms with E-state index >= 15 is 0 Å². The molecule has 18 heavy (non-hydrogen) atoms. The van der Waals surface area contributed by atoms with Gasteiger partial charge in [-0.2, -0.15) is 23.7 Å². The monoisotopic (exact) mass is 270 g/mol. The Kier molecular flexibility index (Phi) is 2.73. The van der Waals surface area contributed by atoms with Crippen LogP contribution in [0.5, 0.6) is 0 Å². The Morgan fingerprint density at radius 3 is 2.44 bits per heavy atom. The summed E-state index contributed by atoms with van der Waals surface area (Å²) in [6, 6.07) is 3.33. The maximum atomic E-state index is 12.3. The molecule has 2 heterocycles. The van der Waals surface area contributed by atoms with Crippen LogP contribution in [0.25, 0.3) is 5.13 Å². The molecule has 0 unspecified atom stereocenters. The molecule has 0 fully saturated rings. The molecule has 0 aromatic carbocycles. The predicted molar refractivity (Wildman–Crippen MR) is 51.5 cm³/mol. The van der Waals surface area contributed by atoms with Crippen LogP contribution in [0, 0.1) is 22.7 Å². The van der Waals surface area contributed by atoms with E-state index in [4.69, 9.17) is 10.5 Å². The highest BCUT2D eigenvalue weighted by molar-refractivity contribution is 7.13. The fraction of sp³-hybridized carbons (Fsp3) is 0.125. The number of hydrogen-bond acceptors (Lipinski definition) is 6. The smallest absolute Gasteiger partial charge is 0.263 e. The average Bonchev–Trinajstić information content (AvgIpc) is 2.93. The van der Waals surface area contributed by atoms with Gasteiger partial charge in [-0.1, -0.05) is 11.3 Å². The topological polar surface area (TPSA) is 91.2 Å². The molecule has 0 spiro atoms. The minimum atomic E-state index is -4.60. The Bertz CT molecular complexity index is 670. The van der Waals surface area contributed by atoms with Gasteiger partial charge in [0.2, 0.25) is 10.1 Å². The number of nitriles is 2. The summed E-state index contributed by atoms with van der Waals surface area (Å²) in [6.45, 7) is 0. The van der Waals surface area contributed by atoms with Crippen LogP contribution in [0.15, 0.2) is 6.33 Å². The molecule has 0 amide bonds. The summed E-state index contributed by atoms with van der Waals surface area (Å²) in [6.07, 6.45) is -3.54. The molecule has 0 aliphatic carbocycles. The summed E-state index contributed by atoms with van der Waals surface area (Å²) >= 11 is 0.261. The summed E-state index contributed by atoms with van der Waals surface area (Å²) < 4.78 is 38.0. The second-order valence-corrected chi connectivity index (χ2v) is 3.88. The lowest BCUT2D eigenvalue weighted by atomic mass is 10.4. The quantitative estimate of drug-likeness (QED) is 0.782.